The first-order valence-corrected chi connectivity index (χ1v) is 8.54. The van der Waals surface area contributed by atoms with Crippen LogP contribution in [0.4, 0.5) is 11.4 Å². The molecule has 8 nitrogen and oxygen atoms in total. The van der Waals surface area contributed by atoms with Crippen molar-refractivity contribution in [2.45, 2.75) is 6.92 Å². The molecule has 0 saturated carbocycles. The van der Waals surface area contributed by atoms with Gasteiger partial charge in [-0.2, -0.15) is 5.10 Å². The highest BCUT2D eigenvalue weighted by Gasteiger charge is 2.16. The van der Waals surface area contributed by atoms with E-state index < -0.39 is 10.8 Å². The van der Waals surface area contributed by atoms with E-state index in [2.05, 4.69) is 15.5 Å². The van der Waals surface area contributed by atoms with Crippen LogP contribution >= 0.6 is 22.6 Å². The van der Waals surface area contributed by atoms with E-state index in [1.165, 1.54) is 24.4 Å². The average Bonchev–Trinajstić information content (AvgIpc) is 3.00. The van der Waals surface area contributed by atoms with Crippen LogP contribution in [0.1, 0.15) is 16.1 Å². The van der Waals surface area contributed by atoms with Crippen molar-refractivity contribution in [3.63, 3.8) is 0 Å². The van der Waals surface area contributed by atoms with Crippen LogP contribution in [0.5, 0.6) is 11.5 Å². The molecule has 0 aliphatic carbocycles. The summed E-state index contributed by atoms with van der Waals surface area (Å²) in [5.41, 5.74) is 1.33. The van der Waals surface area contributed by atoms with E-state index >= 15 is 0 Å². The van der Waals surface area contributed by atoms with Gasteiger partial charge in [0.15, 0.2) is 0 Å². The van der Waals surface area contributed by atoms with Gasteiger partial charge in [0.1, 0.15) is 17.2 Å². The van der Waals surface area contributed by atoms with Gasteiger partial charge < -0.3 is 10.1 Å². The van der Waals surface area contributed by atoms with Crippen LogP contribution in [-0.4, -0.2) is 21.0 Å². The second-order valence-corrected chi connectivity index (χ2v) is 6.60. The summed E-state index contributed by atoms with van der Waals surface area (Å²) in [5.74, 6) is 0.346. The lowest BCUT2D eigenvalue weighted by Crippen LogP contribution is -2.14. The van der Waals surface area contributed by atoms with Crippen molar-refractivity contribution in [2.75, 3.05) is 5.32 Å². The molecule has 2 N–H and O–H groups in total. The summed E-state index contributed by atoms with van der Waals surface area (Å²) in [6, 6.07) is 11.4. The second kappa shape index (κ2) is 7.52. The molecule has 0 unspecified atom stereocenters. The summed E-state index contributed by atoms with van der Waals surface area (Å²) in [4.78, 5) is 23.0. The molecule has 3 aromatic rings. The molecule has 1 amide bonds. The number of hydrogen-bond donors (Lipinski definition) is 2. The number of nitrogens with zero attached hydrogens (tertiary/aromatic N) is 2. The summed E-state index contributed by atoms with van der Waals surface area (Å²) in [6.45, 7) is 1.91. The third-order valence-corrected chi connectivity index (χ3v) is 4.22. The molecule has 0 saturated heterocycles. The Bertz CT molecular complexity index is 986. The van der Waals surface area contributed by atoms with Crippen molar-refractivity contribution in [1.82, 2.24) is 10.2 Å². The van der Waals surface area contributed by atoms with Crippen LogP contribution in [-0.2, 0) is 0 Å². The number of rotatable bonds is 5. The number of carbonyl (C=O) groups is 1. The molecule has 9 heteroatoms. The lowest BCUT2D eigenvalue weighted by atomic mass is 10.2. The first kappa shape index (κ1) is 17.9. The molecular weight excluding hydrogens is 451 g/mol. The highest BCUT2D eigenvalue weighted by molar-refractivity contribution is 14.1. The lowest BCUT2D eigenvalue weighted by Gasteiger charge is -2.09. The number of halogens is 1. The fraction of sp³-hybridized carbons (Fsp3) is 0.0588. The van der Waals surface area contributed by atoms with Gasteiger partial charge in [-0.3, -0.25) is 20.0 Å². The smallest absolute Gasteiger partial charge is 0.275 e. The summed E-state index contributed by atoms with van der Waals surface area (Å²) in [7, 11) is 0. The number of non-ortho nitro benzene ring substituents is 1. The first-order valence-electron chi connectivity index (χ1n) is 7.46. The average molecular weight is 464 g/mol. The lowest BCUT2D eigenvalue weighted by molar-refractivity contribution is -0.384. The maximum atomic E-state index is 12.3. The number of nitro benzene ring substituents is 1. The number of ether oxygens (including phenoxy) is 1. The van der Waals surface area contributed by atoms with Gasteiger partial charge in [0.05, 0.1) is 26.4 Å². The number of nitrogens with one attached hydrogen (secondary N) is 2. The Morgan fingerprint density at radius 3 is 2.73 bits per heavy atom. The monoisotopic (exact) mass is 464 g/mol. The van der Waals surface area contributed by atoms with Gasteiger partial charge >= 0.3 is 0 Å². The summed E-state index contributed by atoms with van der Waals surface area (Å²) in [6.07, 6.45) is 1.51. The minimum atomic E-state index is -0.543. The number of nitro groups is 1. The number of carbonyl (C=O) groups excluding carboxylic acids is 1. The number of anilines is 1. The largest absolute Gasteiger partial charge is 0.457 e. The summed E-state index contributed by atoms with van der Waals surface area (Å²) >= 11 is 1.97. The Morgan fingerprint density at radius 1 is 1.27 bits per heavy atom. The Hall–Kier alpha value is -2.95. The van der Waals surface area contributed by atoms with Crippen molar-refractivity contribution < 1.29 is 14.5 Å². The molecule has 0 atom stereocenters. The Balaban J connectivity index is 1.90. The van der Waals surface area contributed by atoms with Gasteiger partial charge in [-0.05, 0) is 47.2 Å². The van der Waals surface area contributed by atoms with E-state index in [1.54, 1.807) is 6.07 Å². The van der Waals surface area contributed by atoms with Crippen LogP contribution in [0.2, 0.25) is 0 Å². The van der Waals surface area contributed by atoms with Crippen LogP contribution in [0.3, 0.4) is 0 Å². The molecule has 0 fully saturated rings. The maximum absolute atomic E-state index is 12.3. The standard InChI is InChI=1S/C17H13IN4O4/c1-10-3-2-4-13(5-10)26-14-7-11(6-12(8-14)22(24)25)20-17(23)16-15(18)9-19-21-16/h2-9H,1H3,(H,19,21)(H,20,23). The van der Waals surface area contributed by atoms with Crippen molar-refractivity contribution in [3.05, 3.63) is 73.6 Å². The number of benzene rings is 2. The molecule has 0 bridgehead atoms. The number of aromatic nitrogens is 2. The third kappa shape index (κ3) is 4.17. The van der Waals surface area contributed by atoms with Crippen molar-refractivity contribution in [2.24, 2.45) is 0 Å². The van der Waals surface area contributed by atoms with E-state index in [0.717, 1.165) is 5.56 Å². The van der Waals surface area contributed by atoms with Gasteiger partial charge in [0, 0.05) is 12.1 Å². The zero-order chi connectivity index (χ0) is 18.7. The maximum Gasteiger partial charge on any atom is 0.275 e. The number of hydrogen-bond acceptors (Lipinski definition) is 5. The van der Waals surface area contributed by atoms with Gasteiger partial charge in [-0.1, -0.05) is 12.1 Å². The molecule has 0 aliphatic heterocycles. The Kier molecular flexibility index (Phi) is 5.16. The predicted octanol–water partition coefficient (Wildman–Crippen LogP) is 4.28. The van der Waals surface area contributed by atoms with Gasteiger partial charge in [-0.15, -0.1) is 0 Å². The SMILES string of the molecule is Cc1cccc(Oc2cc(NC(=O)c3[nH]ncc3I)cc([N+](=O)[O-])c2)c1. The molecular formula is C17H13IN4O4. The number of aryl methyl sites for hydroxylation is 1. The van der Waals surface area contributed by atoms with Crippen LogP contribution in [0.15, 0.2) is 48.7 Å². The van der Waals surface area contributed by atoms with Crippen molar-refractivity contribution in [1.29, 1.82) is 0 Å². The van der Waals surface area contributed by atoms with E-state index in [4.69, 9.17) is 4.74 Å². The summed E-state index contributed by atoms with van der Waals surface area (Å²) < 4.78 is 6.35. The molecule has 3 rings (SSSR count). The minimum Gasteiger partial charge on any atom is -0.457 e. The Labute approximate surface area is 161 Å². The van der Waals surface area contributed by atoms with Gasteiger partial charge in [-0.25, -0.2) is 0 Å². The number of H-pyrrole nitrogens is 1. The van der Waals surface area contributed by atoms with Crippen LogP contribution < -0.4 is 10.1 Å². The molecule has 0 aliphatic rings. The second-order valence-electron chi connectivity index (χ2n) is 5.44. The number of aromatic amines is 1. The predicted molar refractivity (Wildman–Crippen MR) is 104 cm³/mol. The number of amides is 1. The summed E-state index contributed by atoms with van der Waals surface area (Å²) in [5, 5.41) is 20.2. The van der Waals surface area contributed by atoms with Crippen LogP contribution in [0, 0.1) is 20.6 Å². The van der Waals surface area contributed by atoms with E-state index in [0.29, 0.717) is 9.32 Å². The fourth-order valence-corrected chi connectivity index (χ4v) is 2.76. The van der Waals surface area contributed by atoms with E-state index in [-0.39, 0.29) is 22.8 Å². The molecule has 0 spiro atoms. The van der Waals surface area contributed by atoms with Crippen molar-refractivity contribution in [3.8, 4) is 11.5 Å². The molecule has 1 heterocycles. The first-order chi connectivity index (χ1) is 12.4. The quantitative estimate of drug-likeness (QED) is 0.333. The van der Waals surface area contributed by atoms with E-state index in [1.807, 2.05) is 47.7 Å². The normalized spacial score (nSPS) is 10.4. The molecule has 132 valence electrons. The van der Waals surface area contributed by atoms with Crippen LogP contribution in [0.25, 0.3) is 0 Å². The third-order valence-electron chi connectivity index (χ3n) is 3.41. The van der Waals surface area contributed by atoms with Crippen molar-refractivity contribution >= 4 is 39.9 Å². The van der Waals surface area contributed by atoms with E-state index in [9.17, 15) is 14.9 Å². The molecule has 0 radical (unpaired) electrons. The van der Waals surface area contributed by atoms with Gasteiger partial charge in [0.25, 0.3) is 11.6 Å². The highest BCUT2D eigenvalue weighted by atomic mass is 127. The molecule has 26 heavy (non-hydrogen) atoms. The molecule has 1 aromatic heterocycles. The minimum absolute atomic E-state index is 0.190. The zero-order valence-corrected chi connectivity index (χ0v) is 15.7. The van der Waals surface area contributed by atoms with Gasteiger partial charge in [0.2, 0.25) is 0 Å². The fourth-order valence-electron chi connectivity index (χ4n) is 2.26. The Morgan fingerprint density at radius 2 is 2.08 bits per heavy atom. The highest BCUT2D eigenvalue weighted by Crippen LogP contribution is 2.30. The molecule has 2 aromatic carbocycles. The topological polar surface area (TPSA) is 110 Å². The zero-order valence-electron chi connectivity index (χ0n) is 13.5.